The zero-order valence-corrected chi connectivity index (χ0v) is 14.4. The molecule has 4 nitrogen and oxygen atoms in total. The first-order valence-corrected chi connectivity index (χ1v) is 8.70. The van der Waals surface area contributed by atoms with E-state index < -0.39 is 0 Å². The van der Waals surface area contributed by atoms with Crippen LogP contribution in [0.4, 0.5) is 5.69 Å². The van der Waals surface area contributed by atoms with E-state index in [0.29, 0.717) is 6.04 Å². The lowest BCUT2D eigenvalue weighted by Gasteiger charge is -2.37. The monoisotopic (exact) mass is 316 g/mol. The van der Waals surface area contributed by atoms with Crippen molar-refractivity contribution in [2.24, 2.45) is 0 Å². The van der Waals surface area contributed by atoms with Crippen LogP contribution in [0.25, 0.3) is 0 Å². The van der Waals surface area contributed by atoms with Crippen molar-refractivity contribution < 1.29 is 0 Å². The van der Waals surface area contributed by atoms with Gasteiger partial charge < -0.3 is 4.90 Å². The molecular weight excluding hydrogens is 292 g/mol. The van der Waals surface area contributed by atoms with Crippen LogP contribution < -0.4 is 4.90 Å². The Bertz CT molecular complexity index is 599. The van der Waals surface area contributed by atoms with Gasteiger partial charge in [-0.1, -0.05) is 22.2 Å². The molecule has 5 heteroatoms. The van der Waals surface area contributed by atoms with Crippen molar-refractivity contribution in [3.8, 4) is 0 Å². The van der Waals surface area contributed by atoms with Crippen molar-refractivity contribution in [3.05, 3.63) is 40.4 Å². The van der Waals surface area contributed by atoms with Crippen molar-refractivity contribution in [1.29, 1.82) is 0 Å². The van der Waals surface area contributed by atoms with Crippen LogP contribution in [-0.4, -0.2) is 40.7 Å². The fraction of sp³-hybridized carbons (Fsp3) is 0.529. The van der Waals surface area contributed by atoms with E-state index in [1.165, 1.54) is 40.5 Å². The van der Waals surface area contributed by atoms with Gasteiger partial charge in [-0.05, 0) is 57.4 Å². The molecule has 3 rings (SSSR count). The van der Waals surface area contributed by atoms with E-state index in [1.54, 1.807) is 0 Å². The largest absolute Gasteiger partial charge is 0.371 e. The number of hydrogen-bond acceptors (Lipinski definition) is 5. The summed E-state index contributed by atoms with van der Waals surface area (Å²) >= 11 is 1.53. The Morgan fingerprint density at radius 3 is 2.45 bits per heavy atom. The second-order valence-corrected chi connectivity index (χ2v) is 7.09. The van der Waals surface area contributed by atoms with Crippen LogP contribution in [0.5, 0.6) is 0 Å². The molecule has 1 aromatic carbocycles. The van der Waals surface area contributed by atoms with E-state index >= 15 is 0 Å². The normalized spacial score (nSPS) is 16.5. The Kier molecular flexibility index (Phi) is 4.74. The molecule has 2 heterocycles. The summed E-state index contributed by atoms with van der Waals surface area (Å²) < 4.78 is 4.04. The molecule has 1 saturated heterocycles. The van der Waals surface area contributed by atoms with Gasteiger partial charge in [-0.25, -0.2) is 0 Å². The molecule has 0 atom stereocenters. The quantitative estimate of drug-likeness (QED) is 0.867. The standard InChI is InChI=1S/C17H24N4S/c1-13-4-6-16(7-5-13)21-10-8-15(9-11-21)20(3)12-17-14(2)18-19-22-17/h4-7,15H,8-12H2,1-3H3. The molecule has 118 valence electrons. The van der Waals surface area contributed by atoms with Crippen LogP contribution >= 0.6 is 11.5 Å². The first-order chi connectivity index (χ1) is 10.6. The minimum Gasteiger partial charge on any atom is -0.371 e. The van der Waals surface area contributed by atoms with Crippen molar-refractivity contribution in [2.45, 2.75) is 39.3 Å². The highest BCUT2D eigenvalue weighted by Gasteiger charge is 2.23. The molecule has 22 heavy (non-hydrogen) atoms. The number of aryl methyl sites for hydroxylation is 2. The maximum atomic E-state index is 4.11. The maximum Gasteiger partial charge on any atom is 0.0769 e. The zero-order chi connectivity index (χ0) is 15.5. The molecule has 0 radical (unpaired) electrons. The van der Waals surface area contributed by atoms with E-state index in [4.69, 9.17) is 0 Å². The van der Waals surface area contributed by atoms with Crippen LogP contribution in [0.15, 0.2) is 24.3 Å². The van der Waals surface area contributed by atoms with Crippen LogP contribution in [0, 0.1) is 13.8 Å². The third kappa shape index (κ3) is 3.47. The van der Waals surface area contributed by atoms with E-state index in [-0.39, 0.29) is 0 Å². The minimum absolute atomic E-state index is 0.656. The molecule has 1 aromatic heterocycles. The van der Waals surface area contributed by atoms with Gasteiger partial charge in [-0.15, -0.1) is 5.10 Å². The van der Waals surface area contributed by atoms with E-state index in [1.807, 2.05) is 6.92 Å². The van der Waals surface area contributed by atoms with Gasteiger partial charge in [0.05, 0.1) is 10.6 Å². The van der Waals surface area contributed by atoms with E-state index in [2.05, 4.69) is 57.6 Å². The molecule has 0 aliphatic carbocycles. The molecule has 1 aliphatic rings. The number of rotatable bonds is 4. The van der Waals surface area contributed by atoms with Gasteiger partial charge in [-0.3, -0.25) is 4.90 Å². The Balaban J connectivity index is 1.55. The molecule has 0 unspecified atom stereocenters. The van der Waals surface area contributed by atoms with Crippen molar-refractivity contribution in [3.63, 3.8) is 0 Å². The van der Waals surface area contributed by atoms with Crippen molar-refractivity contribution >= 4 is 17.2 Å². The van der Waals surface area contributed by atoms with E-state index in [0.717, 1.165) is 25.3 Å². The third-order valence-corrected chi connectivity index (χ3v) is 5.43. The molecule has 0 saturated carbocycles. The summed E-state index contributed by atoms with van der Waals surface area (Å²) in [6, 6.07) is 9.54. The van der Waals surface area contributed by atoms with Gasteiger partial charge in [0.2, 0.25) is 0 Å². The maximum absolute atomic E-state index is 4.11. The van der Waals surface area contributed by atoms with E-state index in [9.17, 15) is 0 Å². The van der Waals surface area contributed by atoms with Gasteiger partial charge in [0.1, 0.15) is 0 Å². The highest BCUT2D eigenvalue weighted by Crippen LogP contribution is 2.24. The Hall–Kier alpha value is -1.46. The molecule has 0 amide bonds. The predicted molar refractivity (Wildman–Crippen MR) is 92.5 cm³/mol. The molecular formula is C17H24N4S. The summed E-state index contributed by atoms with van der Waals surface area (Å²) in [6.45, 7) is 7.43. The van der Waals surface area contributed by atoms with Crippen molar-refractivity contribution in [2.75, 3.05) is 25.0 Å². The van der Waals surface area contributed by atoms with Crippen LogP contribution in [0.1, 0.15) is 29.0 Å². The summed E-state index contributed by atoms with van der Waals surface area (Å²) in [5, 5.41) is 4.11. The Labute approximate surface area is 136 Å². The van der Waals surface area contributed by atoms with Crippen LogP contribution in [0.2, 0.25) is 0 Å². The van der Waals surface area contributed by atoms with Crippen molar-refractivity contribution in [1.82, 2.24) is 14.5 Å². The first kappa shape index (κ1) is 15.4. The molecule has 2 aromatic rings. The van der Waals surface area contributed by atoms with Gasteiger partial charge in [0.15, 0.2) is 0 Å². The Morgan fingerprint density at radius 2 is 1.86 bits per heavy atom. The van der Waals surface area contributed by atoms with Gasteiger partial charge in [-0.2, -0.15) is 0 Å². The fourth-order valence-electron chi connectivity index (χ4n) is 3.07. The predicted octanol–water partition coefficient (Wildman–Crippen LogP) is 3.26. The lowest BCUT2D eigenvalue weighted by Crippen LogP contribution is -2.43. The van der Waals surface area contributed by atoms with Gasteiger partial charge in [0.25, 0.3) is 0 Å². The zero-order valence-electron chi connectivity index (χ0n) is 13.6. The summed E-state index contributed by atoms with van der Waals surface area (Å²) in [6.07, 6.45) is 2.44. The van der Waals surface area contributed by atoms with Gasteiger partial charge in [0, 0.05) is 31.4 Å². The number of nitrogens with zero attached hydrogens (tertiary/aromatic N) is 4. The number of piperidine rings is 1. The SMILES string of the molecule is Cc1ccc(N2CCC(N(C)Cc3snnc3C)CC2)cc1. The summed E-state index contributed by atoms with van der Waals surface area (Å²) in [4.78, 5) is 6.27. The second kappa shape index (κ2) is 6.75. The average molecular weight is 316 g/mol. The lowest BCUT2D eigenvalue weighted by atomic mass is 10.0. The number of anilines is 1. The first-order valence-electron chi connectivity index (χ1n) is 7.93. The highest BCUT2D eigenvalue weighted by molar-refractivity contribution is 7.05. The summed E-state index contributed by atoms with van der Waals surface area (Å²) in [5.74, 6) is 0. The molecule has 0 spiro atoms. The number of benzene rings is 1. The molecule has 1 fully saturated rings. The highest BCUT2D eigenvalue weighted by atomic mass is 32.1. The second-order valence-electron chi connectivity index (χ2n) is 6.25. The molecule has 0 bridgehead atoms. The van der Waals surface area contributed by atoms with Gasteiger partial charge >= 0.3 is 0 Å². The Morgan fingerprint density at radius 1 is 1.18 bits per heavy atom. The lowest BCUT2D eigenvalue weighted by molar-refractivity contribution is 0.201. The number of hydrogen-bond donors (Lipinski definition) is 0. The molecule has 0 N–H and O–H groups in total. The average Bonchev–Trinajstić information content (AvgIpc) is 2.93. The third-order valence-electron chi connectivity index (χ3n) is 4.63. The van der Waals surface area contributed by atoms with Crippen LogP contribution in [-0.2, 0) is 6.54 Å². The number of aromatic nitrogens is 2. The summed E-state index contributed by atoms with van der Waals surface area (Å²) in [7, 11) is 2.23. The minimum atomic E-state index is 0.656. The van der Waals surface area contributed by atoms with Crippen LogP contribution in [0.3, 0.4) is 0 Å². The topological polar surface area (TPSA) is 32.3 Å². The smallest absolute Gasteiger partial charge is 0.0769 e. The molecule has 1 aliphatic heterocycles. The fourth-order valence-corrected chi connectivity index (χ4v) is 3.77. The summed E-state index contributed by atoms with van der Waals surface area (Å²) in [5.41, 5.74) is 3.76.